The average Bonchev–Trinajstić information content (AvgIpc) is 2.69. The third-order valence-corrected chi connectivity index (χ3v) is 3.00. The summed E-state index contributed by atoms with van der Waals surface area (Å²) in [7, 11) is 0. The Balaban J connectivity index is 2.51. The maximum Gasteiger partial charge on any atom is 0.167 e. The highest BCUT2D eigenvalue weighted by Crippen LogP contribution is 2.31. The summed E-state index contributed by atoms with van der Waals surface area (Å²) in [5, 5.41) is 11.4. The molecule has 1 aromatic carbocycles. The molecule has 0 unspecified atom stereocenters. The van der Waals surface area contributed by atoms with Crippen molar-refractivity contribution in [1.82, 2.24) is 9.55 Å². The van der Waals surface area contributed by atoms with E-state index in [1.165, 1.54) is 6.33 Å². The highest BCUT2D eigenvalue weighted by atomic mass is 35.5. The van der Waals surface area contributed by atoms with E-state index in [0.29, 0.717) is 15.6 Å². The predicted octanol–water partition coefficient (Wildman–Crippen LogP) is 2.90. The maximum atomic E-state index is 10.4. The number of hydrogen-bond acceptors (Lipinski definition) is 2. The average molecular weight is 257 g/mol. The Bertz CT molecular complexity index is 495. The molecule has 0 fully saturated rings. The number of halogens is 2. The van der Waals surface area contributed by atoms with Gasteiger partial charge in [-0.2, -0.15) is 0 Å². The first kappa shape index (κ1) is 11.5. The molecule has 0 spiro atoms. The van der Waals surface area contributed by atoms with Gasteiger partial charge >= 0.3 is 0 Å². The number of imidazole rings is 1. The molecule has 5 heteroatoms. The van der Waals surface area contributed by atoms with Crippen LogP contribution in [0.15, 0.2) is 36.9 Å². The molecule has 0 saturated heterocycles. The second kappa shape index (κ2) is 4.09. The van der Waals surface area contributed by atoms with Crippen LogP contribution in [0.4, 0.5) is 0 Å². The molecule has 0 radical (unpaired) electrons. The van der Waals surface area contributed by atoms with Gasteiger partial charge in [-0.15, -0.1) is 0 Å². The van der Waals surface area contributed by atoms with E-state index in [1.54, 1.807) is 42.1 Å². The molecule has 2 aromatic rings. The lowest BCUT2D eigenvalue weighted by Gasteiger charge is -2.26. The van der Waals surface area contributed by atoms with Gasteiger partial charge in [0.15, 0.2) is 5.72 Å². The molecule has 0 aliphatic carbocycles. The predicted molar refractivity (Wildman–Crippen MR) is 63.7 cm³/mol. The number of aromatic nitrogens is 2. The van der Waals surface area contributed by atoms with Gasteiger partial charge in [0, 0.05) is 23.0 Å². The van der Waals surface area contributed by atoms with Crippen LogP contribution in [0.3, 0.4) is 0 Å². The van der Waals surface area contributed by atoms with Crippen LogP contribution in [0, 0.1) is 0 Å². The summed E-state index contributed by atoms with van der Waals surface area (Å²) in [5.74, 6) is 0. The van der Waals surface area contributed by atoms with Crippen LogP contribution in [0.1, 0.15) is 12.5 Å². The summed E-state index contributed by atoms with van der Waals surface area (Å²) >= 11 is 11.9. The molecule has 16 heavy (non-hydrogen) atoms. The van der Waals surface area contributed by atoms with E-state index in [-0.39, 0.29) is 0 Å². The van der Waals surface area contributed by atoms with E-state index >= 15 is 0 Å². The van der Waals surface area contributed by atoms with Crippen LogP contribution in [0.2, 0.25) is 10.0 Å². The molecule has 1 heterocycles. The van der Waals surface area contributed by atoms with E-state index in [1.807, 2.05) is 0 Å². The first-order valence-electron chi connectivity index (χ1n) is 4.68. The number of benzene rings is 1. The molecule has 0 saturated carbocycles. The largest absolute Gasteiger partial charge is 0.367 e. The molecule has 1 aromatic heterocycles. The van der Waals surface area contributed by atoms with Crippen LogP contribution < -0.4 is 0 Å². The Kier molecular flexibility index (Phi) is 2.93. The van der Waals surface area contributed by atoms with E-state index in [2.05, 4.69) is 4.98 Å². The zero-order chi connectivity index (χ0) is 11.8. The van der Waals surface area contributed by atoms with Crippen molar-refractivity contribution in [3.05, 3.63) is 52.5 Å². The number of nitrogens with zero attached hydrogens (tertiary/aromatic N) is 2. The lowest BCUT2D eigenvalue weighted by atomic mass is 10.0. The highest BCUT2D eigenvalue weighted by Gasteiger charge is 2.27. The third-order valence-electron chi connectivity index (χ3n) is 2.45. The third kappa shape index (κ3) is 1.94. The van der Waals surface area contributed by atoms with E-state index < -0.39 is 5.72 Å². The summed E-state index contributed by atoms with van der Waals surface area (Å²) in [6.07, 6.45) is 4.80. The Morgan fingerprint density at radius 2 is 2.12 bits per heavy atom. The van der Waals surface area contributed by atoms with Crippen molar-refractivity contribution in [3.63, 3.8) is 0 Å². The van der Waals surface area contributed by atoms with Gasteiger partial charge < -0.3 is 9.67 Å². The second-order valence-corrected chi connectivity index (χ2v) is 4.46. The van der Waals surface area contributed by atoms with Crippen LogP contribution in [-0.4, -0.2) is 14.7 Å². The van der Waals surface area contributed by atoms with Gasteiger partial charge in [-0.1, -0.05) is 29.3 Å². The lowest BCUT2D eigenvalue weighted by molar-refractivity contribution is 0.0253. The minimum atomic E-state index is -1.24. The molecule has 1 atom stereocenters. The maximum absolute atomic E-state index is 10.4. The van der Waals surface area contributed by atoms with Gasteiger partial charge in [-0.25, -0.2) is 4.98 Å². The number of rotatable bonds is 2. The van der Waals surface area contributed by atoms with Crippen molar-refractivity contribution < 1.29 is 5.11 Å². The minimum absolute atomic E-state index is 0.422. The fraction of sp³-hybridized carbons (Fsp3) is 0.182. The van der Waals surface area contributed by atoms with Crippen molar-refractivity contribution in [2.24, 2.45) is 0 Å². The monoisotopic (exact) mass is 256 g/mol. The summed E-state index contributed by atoms with van der Waals surface area (Å²) in [4.78, 5) is 3.90. The van der Waals surface area contributed by atoms with Crippen molar-refractivity contribution in [3.8, 4) is 0 Å². The summed E-state index contributed by atoms with van der Waals surface area (Å²) in [6, 6.07) is 4.99. The Morgan fingerprint density at radius 1 is 1.38 bits per heavy atom. The molecule has 3 nitrogen and oxygen atoms in total. The lowest BCUT2D eigenvalue weighted by Crippen LogP contribution is -2.30. The summed E-state index contributed by atoms with van der Waals surface area (Å²) < 4.78 is 1.57. The van der Waals surface area contributed by atoms with Gasteiger partial charge in [0.1, 0.15) is 0 Å². The summed E-state index contributed by atoms with van der Waals surface area (Å²) in [6.45, 7) is 1.64. The van der Waals surface area contributed by atoms with Crippen LogP contribution in [-0.2, 0) is 5.72 Å². The van der Waals surface area contributed by atoms with Gasteiger partial charge in [0.2, 0.25) is 0 Å². The highest BCUT2D eigenvalue weighted by molar-refractivity contribution is 6.35. The molecule has 1 N–H and O–H groups in total. The van der Waals surface area contributed by atoms with Gasteiger partial charge in [0.25, 0.3) is 0 Å². The normalized spacial score (nSPS) is 14.8. The molecular weight excluding hydrogens is 247 g/mol. The SMILES string of the molecule is C[C@](O)(c1ccc(Cl)cc1Cl)n1ccnc1. The quantitative estimate of drug-likeness (QED) is 0.898. The van der Waals surface area contributed by atoms with E-state index in [9.17, 15) is 5.11 Å². The van der Waals surface area contributed by atoms with Crippen molar-refractivity contribution in [2.45, 2.75) is 12.6 Å². The summed E-state index contributed by atoms with van der Waals surface area (Å²) in [5.41, 5.74) is -0.658. The van der Waals surface area contributed by atoms with Crippen molar-refractivity contribution >= 4 is 23.2 Å². The molecular formula is C11H10Cl2N2O. The van der Waals surface area contributed by atoms with Crippen LogP contribution >= 0.6 is 23.2 Å². The van der Waals surface area contributed by atoms with Gasteiger partial charge in [0.05, 0.1) is 11.3 Å². The van der Waals surface area contributed by atoms with Gasteiger partial charge in [-0.05, 0) is 19.1 Å². The van der Waals surface area contributed by atoms with E-state index in [4.69, 9.17) is 23.2 Å². The smallest absolute Gasteiger partial charge is 0.167 e. The fourth-order valence-electron chi connectivity index (χ4n) is 1.53. The number of hydrogen-bond donors (Lipinski definition) is 1. The molecule has 0 aliphatic heterocycles. The first-order valence-corrected chi connectivity index (χ1v) is 5.44. The Hall–Kier alpha value is -1.03. The van der Waals surface area contributed by atoms with Crippen molar-refractivity contribution in [1.29, 1.82) is 0 Å². The van der Waals surface area contributed by atoms with E-state index in [0.717, 1.165) is 0 Å². The standard InChI is InChI=1S/C11H10Cl2N2O/c1-11(16,15-5-4-14-7-15)9-3-2-8(12)6-10(9)13/h2-7,16H,1H3/t11-/m0/s1. The Morgan fingerprint density at radius 3 is 2.69 bits per heavy atom. The topological polar surface area (TPSA) is 38.0 Å². The van der Waals surface area contributed by atoms with Crippen LogP contribution in [0.25, 0.3) is 0 Å². The first-order chi connectivity index (χ1) is 7.51. The van der Waals surface area contributed by atoms with Gasteiger partial charge in [-0.3, -0.25) is 0 Å². The molecule has 84 valence electrons. The fourth-order valence-corrected chi connectivity index (χ4v) is 2.12. The minimum Gasteiger partial charge on any atom is -0.367 e. The van der Waals surface area contributed by atoms with Crippen molar-refractivity contribution in [2.75, 3.05) is 0 Å². The molecule has 0 amide bonds. The van der Waals surface area contributed by atoms with Crippen LogP contribution in [0.5, 0.6) is 0 Å². The molecule has 2 rings (SSSR count). The molecule has 0 aliphatic rings. The second-order valence-electron chi connectivity index (χ2n) is 3.61. The number of aliphatic hydroxyl groups is 1. The zero-order valence-corrected chi connectivity index (χ0v) is 10.1. The molecule has 0 bridgehead atoms. The Labute approximate surface area is 103 Å². The zero-order valence-electron chi connectivity index (χ0n) is 8.56.